The third-order valence-corrected chi connectivity index (χ3v) is 0.959. The molecule has 0 radical (unpaired) electrons. The number of hydrogen-bond donors (Lipinski definition) is 1. The van der Waals surface area contributed by atoms with Crippen molar-refractivity contribution in [2.45, 2.75) is 27.2 Å². The molecule has 0 aromatic carbocycles. The highest BCUT2D eigenvalue weighted by Crippen LogP contribution is 1.87. The molecule has 68 valence electrons. The van der Waals surface area contributed by atoms with E-state index in [1.165, 1.54) is 0 Å². The Labute approximate surface area is 67.6 Å². The largest absolute Gasteiger partial charge is 0.566 e. The monoisotopic (exact) mass is 163 g/mol. The average Bonchev–Trinajstić information content (AvgIpc) is 1.97. The molecule has 0 spiro atoms. The Morgan fingerprint density at radius 1 is 1.36 bits per heavy atom. The second-order valence-corrected chi connectivity index (χ2v) is 2.80. The lowest BCUT2D eigenvalue weighted by Crippen LogP contribution is -3.05. The van der Waals surface area contributed by atoms with Gasteiger partial charge in [-0.05, 0) is 12.3 Å². The van der Waals surface area contributed by atoms with Gasteiger partial charge in [-0.15, -0.1) is 0 Å². The summed E-state index contributed by atoms with van der Waals surface area (Å²) >= 11 is 0. The fraction of sp³-hybridized carbons (Fsp3) is 1.00. The van der Waals surface area contributed by atoms with Crippen molar-refractivity contribution in [3.8, 4) is 0 Å². The second-order valence-electron chi connectivity index (χ2n) is 2.80. The van der Waals surface area contributed by atoms with Crippen molar-refractivity contribution in [3.05, 3.63) is 5.21 Å². The molecular weight excluding hydrogens is 146 g/mol. The van der Waals surface area contributed by atoms with Gasteiger partial charge in [-0.3, -0.25) is 0 Å². The molecule has 0 aliphatic rings. The zero-order valence-electron chi connectivity index (χ0n) is 7.42. The minimum atomic E-state index is -0.555. The van der Waals surface area contributed by atoms with Crippen LogP contribution in [-0.4, -0.2) is 13.2 Å². The molecule has 0 aromatic heterocycles. The summed E-state index contributed by atoms with van der Waals surface area (Å²) in [6.45, 7) is 6.77. The molecule has 0 amide bonds. The molecule has 0 fully saturated rings. The van der Waals surface area contributed by atoms with Crippen molar-refractivity contribution in [2.24, 2.45) is 5.92 Å². The first kappa shape index (κ1) is 10.8. The summed E-state index contributed by atoms with van der Waals surface area (Å²) in [5.74, 6) is 0.365. The Kier molecular flexibility index (Phi) is 6.45. The van der Waals surface area contributed by atoms with E-state index in [0.717, 1.165) is 6.42 Å². The van der Waals surface area contributed by atoms with E-state index >= 15 is 0 Å². The molecule has 4 heteroatoms. The van der Waals surface area contributed by atoms with Gasteiger partial charge >= 0.3 is 0 Å². The average molecular weight is 163 g/mol. The molecular formula is C7H17NO3. The van der Waals surface area contributed by atoms with Gasteiger partial charge in [0.2, 0.25) is 0 Å². The van der Waals surface area contributed by atoms with Crippen LogP contribution in [0.15, 0.2) is 0 Å². The first-order valence-electron chi connectivity index (χ1n) is 3.96. The van der Waals surface area contributed by atoms with Crippen molar-refractivity contribution in [1.82, 2.24) is 0 Å². The molecule has 1 atom stereocenters. The maximum atomic E-state index is 10.7. The van der Waals surface area contributed by atoms with Gasteiger partial charge in [0.1, 0.15) is 13.2 Å². The maximum absolute atomic E-state index is 10.7. The Balaban J connectivity index is 3.15. The van der Waals surface area contributed by atoms with Gasteiger partial charge in [-0.1, -0.05) is 26.2 Å². The van der Waals surface area contributed by atoms with Crippen molar-refractivity contribution in [3.63, 3.8) is 0 Å². The molecule has 0 bridgehead atoms. The molecule has 4 nitrogen and oxygen atoms in total. The van der Waals surface area contributed by atoms with Crippen molar-refractivity contribution < 1.29 is 15.1 Å². The number of quaternary nitrogens is 1. The van der Waals surface area contributed by atoms with Crippen molar-refractivity contribution in [1.29, 1.82) is 0 Å². The summed E-state index contributed by atoms with van der Waals surface area (Å²) in [6, 6.07) is 0. The van der Waals surface area contributed by atoms with Gasteiger partial charge in [0, 0.05) is 0 Å². The SMILES string of the molecule is CCCO[NH+]([O-])OCC(C)C. The van der Waals surface area contributed by atoms with Crippen LogP contribution >= 0.6 is 0 Å². The van der Waals surface area contributed by atoms with E-state index in [-0.39, 0.29) is 0 Å². The lowest BCUT2D eigenvalue weighted by atomic mass is 10.2. The molecule has 0 aliphatic heterocycles. The lowest BCUT2D eigenvalue weighted by molar-refractivity contribution is -1.21. The fourth-order valence-corrected chi connectivity index (χ4v) is 0.462. The van der Waals surface area contributed by atoms with Crippen LogP contribution in [-0.2, 0) is 9.68 Å². The standard InChI is InChI=1S/C7H17NO3/c1-4-5-10-8(9)11-6-7(2)3/h7-8H,4-6H2,1-3H3. The molecule has 1 unspecified atom stereocenters. The quantitative estimate of drug-likeness (QED) is 0.573. The zero-order chi connectivity index (χ0) is 8.69. The Morgan fingerprint density at radius 2 is 2.00 bits per heavy atom. The van der Waals surface area contributed by atoms with Crippen LogP contribution in [0.3, 0.4) is 0 Å². The first-order valence-corrected chi connectivity index (χ1v) is 3.96. The molecule has 11 heavy (non-hydrogen) atoms. The number of hydrogen-bond acceptors (Lipinski definition) is 3. The van der Waals surface area contributed by atoms with Gasteiger partial charge in [0.05, 0.1) is 0 Å². The molecule has 0 aliphatic carbocycles. The molecule has 0 heterocycles. The highest BCUT2D eigenvalue weighted by molar-refractivity contribution is 4.34. The fourth-order valence-electron chi connectivity index (χ4n) is 0.462. The van der Waals surface area contributed by atoms with Crippen LogP contribution in [0.25, 0.3) is 0 Å². The van der Waals surface area contributed by atoms with Crippen LogP contribution in [0.2, 0.25) is 0 Å². The summed E-state index contributed by atoms with van der Waals surface area (Å²) in [5, 5.41) is 10.1. The van der Waals surface area contributed by atoms with Gasteiger partial charge < -0.3 is 5.21 Å². The predicted molar refractivity (Wildman–Crippen MR) is 41.4 cm³/mol. The lowest BCUT2D eigenvalue weighted by Gasteiger charge is -2.17. The topological polar surface area (TPSA) is 46.0 Å². The minimum absolute atomic E-state index is 0.365. The predicted octanol–water partition coefficient (Wildman–Crippen LogP) is 0.298. The van der Waals surface area contributed by atoms with Crippen LogP contribution in [0.5, 0.6) is 0 Å². The Hall–Kier alpha value is -0.160. The van der Waals surface area contributed by atoms with E-state index in [2.05, 4.69) is 4.84 Å². The number of rotatable bonds is 6. The summed E-state index contributed by atoms with van der Waals surface area (Å²) < 4.78 is 0. The van der Waals surface area contributed by atoms with E-state index in [1.54, 1.807) is 0 Å². The molecule has 0 rings (SSSR count). The van der Waals surface area contributed by atoms with E-state index < -0.39 is 5.39 Å². The summed E-state index contributed by atoms with van der Waals surface area (Å²) in [7, 11) is 0. The third kappa shape index (κ3) is 7.74. The molecule has 1 N–H and O–H groups in total. The zero-order valence-corrected chi connectivity index (χ0v) is 7.42. The van der Waals surface area contributed by atoms with Crippen molar-refractivity contribution >= 4 is 0 Å². The van der Waals surface area contributed by atoms with E-state index in [4.69, 9.17) is 4.84 Å². The number of nitrogens with one attached hydrogen (secondary N) is 1. The third-order valence-electron chi connectivity index (χ3n) is 0.959. The summed E-state index contributed by atoms with van der Waals surface area (Å²) in [5.41, 5.74) is 0. The molecule has 0 saturated heterocycles. The maximum Gasteiger partial charge on any atom is 0.113 e. The van der Waals surface area contributed by atoms with Gasteiger partial charge in [0.25, 0.3) is 0 Å². The minimum Gasteiger partial charge on any atom is -0.566 e. The highest BCUT2D eigenvalue weighted by atomic mass is 17.1. The molecule has 0 saturated carbocycles. The van der Waals surface area contributed by atoms with E-state index in [1.807, 2.05) is 20.8 Å². The summed E-state index contributed by atoms with van der Waals surface area (Å²) in [6.07, 6.45) is 0.830. The van der Waals surface area contributed by atoms with Crippen LogP contribution in [0.4, 0.5) is 0 Å². The second kappa shape index (κ2) is 6.54. The van der Waals surface area contributed by atoms with E-state index in [0.29, 0.717) is 19.1 Å². The van der Waals surface area contributed by atoms with E-state index in [9.17, 15) is 5.21 Å². The Morgan fingerprint density at radius 3 is 2.45 bits per heavy atom. The Bertz CT molecular complexity index is 87.8. The molecule has 0 aromatic rings. The van der Waals surface area contributed by atoms with Crippen molar-refractivity contribution in [2.75, 3.05) is 13.2 Å². The highest BCUT2D eigenvalue weighted by Gasteiger charge is 2.00. The normalized spacial score (nSPS) is 13.9. The summed E-state index contributed by atoms with van der Waals surface area (Å²) in [4.78, 5) is 9.42. The van der Waals surface area contributed by atoms with Crippen LogP contribution in [0, 0.1) is 11.1 Å². The first-order chi connectivity index (χ1) is 5.16. The van der Waals surface area contributed by atoms with Crippen LogP contribution in [0.1, 0.15) is 27.2 Å². The van der Waals surface area contributed by atoms with Crippen LogP contribution < -0.4 is 5.39 Å². The van der Waals surface area contributed by atoms with Gasteiger partial charge in [-0.25, -0.2) is 0 Å². The van der Waals surface area contributed by atoms with Gasteiger partial charge in [0.15, 0.2) is 0 Å². The smallest absolute Gasteiger partial charge is 0.113 e. The van der Waals surface area contributed by atoms with Gasteiger partial charge in [-0.2, -0.15) is 9.68 Å².